The first-order valence-corrected chi connectivity index (χ1v) is 5.74. The van der Waals surface area contributed by atoms with Gasteiger partial charge >= 0.3 is 11.9 Å². The Morgan fingerprint density at radius 2 is 0.957 bits per heavy atom. The molecule has 0 aliphatic rings. The SMILES string of the molecule is O=C(O)c1cccc(O)c1O.O=C(O)c1cccc(O)c1O.[Zn]. The second-order valence-corrected chi connectivity index (χ2v) is 3.96. The van der Waals surface area contributed by atoms with Gasteiger partial charge in [0.1, 0.15) is 11.1 Å². The molecule has 2 aromatic rings. The average Bonchev–Trinajstić information content (AvgIpc) is 2.45. The quantitative estimate of drug-likeness (QED) is 0.342. The fourth-order valence-electron chi connectivity index (χ4n) is 1.41. The van der Waals surface area contributed by atoms with E-state index in [0.29, 0.717) is 0 Å². The van der Waals surface area contributed by atoms with Crippen molar-refractivity contribution in [1.82, 2.24) is 0 Å². The van der Waals surface area contributed by atoms with Crippen molar-refractivity contribution < 1.29 is 59.7 Å². The van der Waals surface area contributed by atoms with E-state index in [1.807, 2.05) is 0 Å². The van der Waals surface area contributed by atoms with Crippen LogP contribution in [0.15, 0.2) is 36.4 Å². The number of aromatic carboxylic acids is 2. The van der Waals surface area contributed by atoms with Crippen LogP contribution in [0.4, 0.5) is 0 Å². The number of carboxylic acids is 2. The molecule has 6 N–H and O–H groups in total. The monoisotopic (exact) mass is 372 g/mol. The molecule has 23 heavy (non-hydrogen) atoms. The zero-order chi connectivity index (χ0) is 16.9. The molecule has 2 aromatic carbocycles. The molecule has 0 atom stereocenters. The van der Waals surface area contributed by atoms with Crippen molar-refractivity contribution >= 4 is 11.9 Å². The van der Waals surface area contributed by atoms with Crippen LogP contribution in [-0.2, 0) is 19.5 Å². The third-order valence-corrected chi connectivity index (χ3v) is 2.49. The number of phenolic OH excluding ortho intramolecular Hbond substituents is 2. The topological polar surface area (TPSA) is 156 Å². The summed E-state index contributed by atoms with van der Waals surface area (Å²) in [7, 11) is 0. The largest absolute Gasteiger partial charge is 0.504 e. The Kier molecular flexibility index (Phi) is 7.55. The van der Waals surface area contributed by atoms with Crippen LogP contribution < -0.4 is 0 Å². The third kappa shape index (κ3) is 5.16. The molecule has 0 radical (unpaired) electrons. The van der Waals surface area contributed by atoms with E-state index in [9.17, 15) is 9.59 Å². The summed E-state index contributed by atoms with van der Waals surface area (Å²) in [5, 5.41) is 52.4. The van der Waals surface area contributed by atoms with E-state index in [1.54, 1.807) is 0 Å². The number of rotatable bonds is 2. The fourth-order valence-corrected chi connectivity index (χ4v) is 1.41. The second kappa shape index (κ2) is 8.60. The maximum atomic E-state index is 10.3. The van der Waals surface area contributed by atoms with E-state index >= 15 is 0 Å². The number of para-hydroxylation sites is 2. The molecule has 0 saturated carbocycles. The summed E-state index contributed by atoms with van der Waals surface area (Å²) in [6.45, 7) is 0. The van der Waals surface area contributed by atoms with E-state index in [0.717, 1.165) is 0 Å². The maximum Gasteiger partial charge on any atom is 0.339 e. The Hall–Kier alpha value is -2.80. The molecule has 0 aliphatic heterocycles. The Morgan fingerprint density at radius 1 is 0.652 bits per heavy atom. The van der Waals surface area contributed by atoms with Gasteiger partial charge in [-0.05, 0) is 24.3 Å². The van der Waals surface area contributed by atoms with E-state index in [4.69, 9.17) is 30.6 Å². The van der Waals surface area contributed by atoms with E-state index in [2.05, 4.69) is 0 Å². The van der Waals surface area contributed by atoms with Crippen molar-refractivity contribution in [3.8, 4) is 23.0 Å². The smallest absolute Gasteiger partial charge is 0.339 e. The maximum absolute atomic E-state index is 10.3. The van der Waals surface area contributed by atoms with Crippen molar-refractivity contribution in [3.05, 3.63) is 47.5 Å². The number of hydrogen-bond acceptors (Lipinski definition) is 6. The number of carbonyl (C=O) groups is 2. The molecule has 9 heteroatoms. The predicted molar refractivity (Wildman–Crippen MR) is 73.5 cm³/mol. The normalized spacial score (nSPS) is 9.04. The van der Waals surface area contributed by atoms with E-state index in [-0.39, 0.29) is 30.6 Å². The summed E-state index contributed by atoms with van der Waals surface area (Å²) in [5.74, 6) is -4.58. The van der Waals surface area contributed by atoms with Crippen LogP contribution in [0.3, 0.4) is 0 Å². The third-order valence-electron chi connectivity index (χ3n) is 2.49. The van der Waals surface area contributed by atoms with Gasteiger partial charge in [0.25, 0.3) is 0 Å². The summed E-state index contributed by atoms with van der Waals surface area (Å²) in [6.07, 6.45) is 0. The van der Waals surface area contributed by atoms with Crippen molar-refractivity contribution in [2.75, 3.05) is 0 Å². The van der Waals surface area contributed by atoms with Crippen LogP contribution in [0, 0.1) is 0 Å². The van der Waals surface area contributed by atoms with Crippen molar-refractivity contribution in [2.45, 2.75) is 0 Å². The Labute approximate surface area is 142 Å². The minimum atomic E-state index is -1.27. The van der Waals surface area contributed by atoms with E-state index < -0.39 is 34.9 Å². The molecule has 2 rings (SSSR count). The molecule has 0 fully saturated rings. The van der Waals surface area contributed by atoms with Crippen LogP contribution >= 0.6 is 0 Å². The molecule has 0 bridgehead atoms. The van der Waals surface area contributed by atoms with Gasteiger partial charge in [-0.3, -0.25) is 0 Å². The van der Waals surface area contributed by atoms with Gasteiger partial charge in [-0.2, -0.15) is 0 Å². The molecule has 0 saturated heterocycles. The summed E-state index contributed by atoms with van der Waals surface area (Å²) in [6, 6.07) is 7.52. The summed E-state index contributed by atoms with van der Waals surface area (Å²) in [4.78, 5) is 20.6. The van der Waals surface area contributed by atoms with Gasteiger partial charge in [0, 0.05) is 19.5 Å². The fraction of sp³-hybridized carbons (Fsp3) is 0. The van der Waals surface area contributed by atoms with Crippen molar-refractivity contribution in [2.24, 2.45) is 0 Å². The first-order chi connectivity index (χ1) is 10.3. The Bertz CT molecular complexity index is 652. The number of carboxylic acid groups (broad SMARTS) is 2. The Morgan fingerprint density at radius 3 is 1.17 bits per heavy atom. The van der Waals surface area contributed by atoms with Gasteiger partial charge in [0.15, 0.2) is 23.0 Å². The second-order valence-electron chi connectivity index (χ2n) is 3.96. The number of benzene rings is 2. The molecule has 0 aromatic heterocycles. The number of aromatic hydroxyl groups is 4. The van der Waals surface area contributed by atoms with Crippen LogP contribution in [0.5, 0.6) is 23.0 Å². The van der Waals surface area contributed by atoms with Gasteiger partial charge in [-0.1, -0.05) is 12.1 Å². The van der Waals surface area contributed by atoms with Gasteiger partial charge < -0.3 is 30.6 Å². The molecule has 0 unspecified atom stereocenters. The number of hydrogen-bond donors (Lipinski definition) is 6. The molecule has 0 amide bonds. The Balaban J connectivity index is 0.000000403. The molecule has 0 aliphatic carbocycles. The van der Waals surface area contributed by atoms with Gasteiger partial charge in [0.2, 0.25) is 0 Å². The standard InChI is InChI=1S/2C7H6O4.Zn/c2*8-5-3-1-2-4(6(5)9)7(10)11;/h2*1-3,8-9H,(H,10,11);. The summed E-state index contributed by atoms with van der Waals surface area (Å²) in [5.41, 5.74) is -0.602. The van der Waals surface area contributed by atoms with Crippen molar-refractivity contribution in [1.29, 1.82) is 0 Å². The van der Waals surface area contributed by atoms with Gasteiger partial charge in [-0.15, -0.1) is 0 Å². The zero-order valence-electron chi connectivity index (χ0n) is 11.7. The molecule has 118 valence electrons. The van der Waals surface area contributed by atoms with Crippen LogP contribution in [0.2, 0.25) is 0 Å². The molecule has 0 heterocycles. The van der Waals surface area contributed by atoms with Gasteiger partial charge in [-0.25, -0.2) is 9.59 Å². The van der Waals surface area contributed by atoms with Gasteiger partial charge in [0.05, 0.1) is 0 Å². The summed E-state index contributed by atoms with van der Waals surface area (Å²) < 4.78 is 0. The van der Waals surface area contributed by atoms with Crippen LogP contribution in [0.1, 0.15) is 20.7 Å². The first kappa shape index (κ1) is 20.2. The molecule has 8 nitrogen and oxygen atoms in total. The average molecular weight is 374 g/mol. The zero-order valence-corrected chi connectivity index (χ0v) is 14.6. The first-order valence-electron chi connectivity index (χ1n) is 5.74. The minimum Gasteiger partial charge on any atom is -0.504 e. The molecular weight excluding hydrogens is 362 g/mol. The molecular formula is C14H12O8Zn. The summed E-state index contributed by atoms with van der Waals surface area (Å²) >= 11 is 0. The molecule has 0 spiro atoms. The van der Waals surface area contributed by atoms with Crippen LogP contribution in [0.25, 0.3) is 0 Å². The van der Waals surface area contributed by atoms with Crippen LogP contribution in [-0.4, -0.2) is 42.6 Å². The minimum absolute atomic E-state index is 0. The predicted octanol–water partition coefficient (Wildman–Crippen LogP) is 1.59. The van der Waals surface area contributed by atoms with Crippen molar-refractivity contribution in [3.63, 3.8) is 0 Å². The number of phenols is 4. The van der Waals surface area contributed by atoms with E-state index in [1.165, 1.54) is 36.4 Å².